The SMILES string of the molecule is C[C@@H](CNS(=O)(=O)c1cnc[nH]1)c1nc2ccccc2s1. The Morgan fingerprint density at radius 3 is 2.90 bits per heavy atom. The topological polar surface area (TPSA) is 87.7 Å². The van der Waals surface area contributed by atoms with Crippen LogP contribution in [0.2, 0.25) is 0 Å². The van der Waals surface area contributed by atoms with Crippen molar-refractivity contribution in [3.8, 4) is 0 Å². The zero-order valence-corrected chi connectivity index (χ0v) is 12.9. The summed E-state index contributed by atoms with van der Waals surface area (Å²) in [6.45, 7) is 2.24. The standard InChI is InChI=1S/C13H14N4O2S2/c1-9(6-16-21(18,19)12-7-14-8-15-12)13-17-10-4-2-3-5-11(10)20-13/h2-5,7-9,16H,6H2,1H3,(H,14,15)/t9-/m0/s1. The Kier molecular flexibility index (Phi) is 3.75. The summed E-state index contributed by atoms with van der Waals surface area (Å²) in [5.41, 5.74) is 0.945. The second-order valence-corrected chi connectivity index (χ2v) is 7.49. The third kappa shape index (κ3) is 2.97. The fourth-order valence-electron chi connectivity index (χ4n) is 1.89. The number of sulfonamides is 1. The van der Waals surface area contributed by atoms with Crippen molar-refractivity contribution in [1.82, 2.24) is 19.7 Å². The normalized spacial score (nSPS) is 13.6. The largest absolute Gasteiger partial charge is 0.335 e. The molecule has 3 rings (SSSR count). The number of nitrogens with one attached hydrogen (secondary N) is 2. The molecule has 0 unspecified atom stereocenters. The van der Waals surface area contributed by atoms with E-state index in [0.29, 0.717) is 6.54 Å². The number of aromatic nitrogens is 3. The number of thiazole rings is 1. The van der Waals surface area contributed by atoms with Crippen molar-refractivity contribution in [2.45, 2.75) is 17.9 Å². The average molecular weight is 322 g/mol. The van der Waals surface area contributed by atoms with Crippen LogP contribution in [-0.4, -0.2) is 29.9 Å². The number of para-hydroxylation sites is 1. The highest BCUT2D eigenvalue weighted by atomic mass is 32.2. The molecule has 0 bridgehead atoms. The molecule has 2 aromatic heterocycles. The lowest BCUT2D eigenvalue weighted by atomic mass is 10.2. The summed E-state index contributed by atoms with van der Waals surface area (Å²) in [5, 5.41) is 0.988. The molecule has 8 heteroatoms. The van der Waals surface area contributed by atoms with Gasteiger partial charge in [-0.25, -0.2) is 23.1 Å². The summed E-state index contributed by atoms with van der Waals surface area (Å²) in [6.07, 6.45) is 2.62. The Balaban J connectivity index is 1.73. The van der Waals surface area contributed by atoms with Gasteiger partial charge in [-0.05, 0) is 12.1 Å². The molecule has 2 heterocycles. The lowest BCUT2D eigenvalue weighted by Crippen LogP contribution is -2.27. The van der Waals surface area contributed by atoms with Gasteiger partial charge in [0.25, 0.3) is 10.0 Å². The number of imidazole rings is 1. The smallest absolute Gasteiger partial charge is 0.257 e. The quantitative estimate of drug-likeness (QED) is 0.753. The van der Waals surface area contributed by atoms with Gasteiger partial charge in [-0.15, -0.1) is 11.3 Å². The molecule has 1 atom stereocenters. The van der Waals surface area contributed by atoms with Gasteiger partial charge in [0.15, 0.2) is 5.03 Å². The van der Waals surface area contributed by atoms with Gasteiger partial charge in [-0.3, -0.25) is 0 Å². The summed E-state index contributed by atoms with van der Waals surface area (Å²) < 4.78 is 27.7. The van der Waals surface area contributed by atoms with Gasteiger partial charge in [0, 0.05) is 12.5 Å². The summed E-state index contributed by atoms with van der Waals surface area (Å²) >= 11 is 1.59. The molecule has 0 saturated carbocycles. The van der Waals surface area contributed by atoms with E-state index in [9.17, 15) is 8.42 Å². The van der Waals surface area contributed by atoms with E-state index >= 15 is 0 Å². The average Bonchev–Trinajstić information content (AvgIpc) is 3.13. The molecule has 0 fully saturated rings. The van der Waals surface area contributed by atoms with Gasteiger partial charge in [-0.1, -0.05) is 19.1 Å². The molecule has 0 aliphatic carbocycles. The highest BCUT2D eigenvalue weighted by molar-refractivity contribution is 7.89. The third-order valence-corrected chi connectivity index (χ3v) is 5.69. The molecule has 21 heavy (non-hydrogen) atoms. The first-order valence-electron chi connectivity index (χ1n) is 6.40. The van der Waals surface area contributed by atoms with Crippen molar-refractivity contribution in [2.24, 2.45) is 0 Å². The first kappa shape index (κ1) is 14.2. The summed E-state index contributed by atoms with van der Waals surface area (Å²) in [5.74, 6) is 0.0000893. The second kappa shape index (κ2) is 5.55. The minimum absolute atomic E-state index is 0.0000893. The van der Waals surface area contributed by atoms with Gasteiger partial charge in [0.05, 0.1) is 27.7 Å². The Morgan fingerprint density at radius 1 is 1.38 bits per heavy atom. The maximum Gasteiger partial charge on any atom is 0.257 e. The number of hydrogen-bond donors (Lipinski definition) is 2. The summed E-state index contributed by atoms with van der Waals surface area (Å²) in [6, 6.07) is 7.88. The van der Waals surface area contributed by atoms with E-state index < -0.39 is 10.0 Å². The molecule has 1 aromatic carbocycles. The van der Waals surface area contributed by atoms with E-state index in [1.54, 1.807) is 11.3 Å². The number of rotatable bonds is 5. The molecule has 0 amide bonds. The van der Waals surface area contributed by atoms with Crippen molar-refractivity contribution in [3.63, 3.8) is 0 Å². The summed E-state index contributed by atoms with van der Waals surface area (Å²) in [7, 11) is -3.54. The number of nitrogens with zero attached hydrogens (tertiary/aromatic N) is 2. The summed E-state index contributed by atoms with van der Waals surface area (Å²) in [4.78, 5) is 10.8. The molecular formula is C13H14N4O2S2. The minimum atomic E-state index is -3.54. The molecule has 0 aliphatic heterocycles. The minimum Gasteiger partial charge on any atom is -0.335 e. The van der Waals surface area contributed by atoms with Crippen molar-refractivity contribution in [1.29, 1.82) is 0 Å². The van der Waals surface area contributed by atoms with Crippen LogP contribution in [0.4, 0.5) is 0 Å². The maximum absolute atomic E-state index is 12.0. The van der Waals surface area contributed by atoms with Crippen LogP contribution in [-0.2, 0) is 10.0 Å². The van der Waals surface area contributed by atoms with E-state index in [0.717, 1.165) is 15.2 Å². The van der Waals surface area contributed by atoms with Gasteiger partial charge < -0.3 is 4.98 Å². The highest BCUT2D eigenvalue weighted by Crippen LogP contribution is 2.27. The van der Waals surface area contributed by atoms with Crippen molar-refractivity contribution < 1.29 is 8.42 Å². The van der Waals surface area contributed by atoms with Crippen LogP contribution >= 0.6 is 11.3 Å². The van der Waals surface area contributed by atoms with E-state index in [1.165, 1.54) is 12.5 Å². The number of fused-ring (bicyclic) bond motifs is 1. The van der Waals surface area contributed by atoms with Crippen LogP contribution in [0.1, 0.15) is 17.8 Å². The third-order valence-electron chi connectivity index (χ3n) is 3.07. The van der Waals surface area contributed by atoms with Crippen LogP contribution < -0.4 is 4.72 Å². The molecule has 6 nitrogen and oxygen atoms in total. The lowest BCUT2D eigenvalue weighted by molar-refractivity contribution is 0.571. The second-order valence-electron chi connectivity index (χ2n) is 4.69. The highest BCUT2D eigenvalue weighted by Gasteiger charge is 2.18. The van der Waals surface area contributed by atoms with Crippen molar-refractivity contribution in [3.05, 3.63) is 41.8 Å². The van der Waals surface area contributed by atoms with Crippen LogP contribution in [0.25, 0.3) is 10.2 Å². The predicted octanol–water partition coefficient (Wildman–Crippen LogP) is 2.10. The Hall–Kier alpha value is -1.77. The van der Waals surface area contributed by atoms with E-state index in [1.807, 2.05) is 31.2 Å². The maximum atomic E-state index is 12.0. The Labute approximate surface area is 126 Å². The van der Waals surface area contributed by atoms with E-state index in [4.69, 9.17) is 0 Å². The van der Waals surface area contributed by atoms with Crippen LogP contribution in [0.3, 0.4) is 0 Å². The Bertz CT molecular complexity index is 807. The fourth-order valence-corrected chi connectivity index (χ4v) is 3.94. The number of H-pyrrole nitrogens is 1. The number of benzene rings is 1. The first-order chi connectivity index (χ1) is 10.1. The fraction of sp³-hybridized carbons (Fsp3) is 0.231. The van der Waals surface area contributed by atoms with Gasteiger partial charge >= 0.3 is 0 Å². The number of aromatic amines is 1. The van der Waals surface area contributed by atoms with Gasteiger partial charge in [0.1, 0.15) is 0 Å². The molecule has 0 spiro atoms. The molecule has 0 aliphatic rings. The molecule has 2 N–H and O–H groups in total. The van der Waals surface area contributed by atoms with Crippen LogP contribution in [0.15, 0.2) is 41.8 Å². The predicted molar refractivity (Wildman–Crippen MR) is 81.8 cm³/mol. The molecule has 0 radical (unpaired) electrons. The molecule has 0 saturated heterocycles. The zero-order valence-electron chi connectivity index (χ0n) is 11.3. The van der Waals surface area contributed by atoms with E-state index in [2.05, 4.69) is 19.7 Å². The first-order valence-corrected chi connectivity index (χ1v) is 8.70. The number of hydrogen-bond acceptors (Lipinski definition) is 5. The van der Waals surface area contributed by atoms with Gasteiger partial charge in [0.2, 0.25) is 0 Å². The van der Waals surface area contributed by atoms with E-state index in [-0.39, 0.29) is 10.9 Å². The van der Waals surface area contributed by atoms with Crippen LogP contribution in [0, 0.1) is 0 Å². The van der Waals surface area contributed by atoms with Crippen LogP contribution in [0.5, 0.6) is 0 Å². The monoisotopic (exact) mass is 322 g/mol. The van der Waals surface area contributed by atoms with Crippen molar-refractivity contribution in [2.75, 3.05) is 6.54 Å². The molecule has 3 aromatic rings. The lowest BCUT2D eigenvalue weighted by Gasteiger charge is -2.09. The molecular weight excluding hydrogens is 308 g/mol. The zero-order chi connectivity index (χ0) is 14.9. The van der Waals surface area contributed by atoms with Crippen molar-refractivity contribution >= 4 is 31.6 Å². The molecule has 110 valence electrons. The van der Waals surface area contributed by atoms with Gasteiger partial charge in [-0.2, -0.15) is 0 Å². The Morgan fingerprint density at radius 2 is 2.19 bits per heavy atom.